The quantitative estimate of drug-likeness (QED) is 0.906. The van der Waals surface area contributed by atoms with Gasteiger partial charge in [-0.2, -0.15) is 13.2 Å². The molecule has 0 spiro atoms. The van der Waals surface area contributed by atoms with Gasteiger partial charge in [-0.1, -0.05) is 0 Å². The molecule has 1 aromatic carbocycles. The topological polar surface area (TPSA) is 40.5 Å². The molecule has 1 aliphatic carbocycles. The van der Waals surface area contributed by atoms with Crippen molar-refractivity contribution in [1.29, 1.82) is 0 Å². The number of carbonyl (C=O) groups is 1. The van der Waals surface area contributed by atoms with Crippen molar-refractivity contribution in [1.82, 2.24) is 0 Å². The van der Waals surface area contributed by atoms with Gasteiger partial charge < -0.3 is 10.0 Å². The van der Waals surface area contributed by atoms with Crippen molar-refractivity contribution < 1.29 is 23.1 Å². The molecule has 0 aromatic heterocycles. The molecule has 3 rings (SSSR count). The van der Waals surface area contributed by atoms with E-state index in [1.54, 1.807) is 6.07 Å². The lowest BCUT2D eigenvalue weighted by atomic mass is 9.95. The molecule has 1 saturated heterocycles. The molecule has 3 nitrogen and oxygen atoms in total. The predicted molar refractivity (Wildman–Crippen MR) is 76.4 cm³/mol. The van der Waals surface area contributed by atoms with Crippen molar-refractivity contribution in [2.75, 3.05) is 18.0 Å². The van der Waals surface area contributed by atoms with Gasteiger partial charge in [-0.15, -0.1) is 0 Å². The second-order valence-electron chi connectivity index (χ2n) is 6.08. The van der Waals surface area contributed by atoms with E-state index in [1.807, 2.05) is 4.90 Å². The Morgan fingerprint density at radius 1 is 1.14 bits per heavy atom. The molecule has 0 amide bonds. The highest BCUT2D eigenvalue weighted by atomic mass is 19.4. The number of aromatic carboxylic acids is 1. The summed E-state index contributed by atoms with van der Waals surface area (Å²) in [5.74, 6) is -1.53. The fourth-order valence-electron chi connectivity index (χ4n) is 3.16. The number of piperidine rings is 1. The van der Waals surface area contributed by atoms with Crippen LogP contribution in [0, 0.1) is 0 Å². The zero-order valence-corrected chi connectivity index (χ0v) is 12.1. The zero-order valence-electron chi connectivity index (χ0n) is 12.1. The third kappa shape index (κ3) is 2.91. The molecule has 1 aromatic rings. The number of benzene rings is 1. The van der Waals surface area contributed by atoms with Gasteiger partial charge in [0.1, 0.15) is 0 Å². The molecule has 0 radical (unpaired) electrons. The molecule has 22 heavy (non-hydrogen) atoms. The minimum Gasteiger partial charge on any atom is -0.478 e. The first-order valence-corrected chi connectivity index (χ1v) is 7.61. The number of rotatable bonds is 3. The molecule has 6 heteroatoms. The highest BCUT2D eigenvalue weighted by Gasteiger charge is 2.40. The van der Waals surface area contributed by atoms with E-state index in [0.29, 0.717) is 11.3 Å². The van der Waals surface area contributed by atoms with Crippen LogP contribution in [0.25, 0.3) is 0 Å². The van der Waals surface area contributed by atoms with Gasteiger partial charge >= 0.3 is 12.1 Å². The van der Waals surface area contributed by atoms with E-state index in [0.717, 1.165) is 51.3 Å². The lowest BCUT2D eigenvalue weighted by molar-refractivity contribution is -0.138. The molecule has 0 bridgehead atoms. The van der Waals surface area contributed by atoms with E-state index < -0.39 is 23.3 Å². The number of halogens is 3. The Morgan fingerprint density at radius 3 is 2.27 bits per heavy atom. The Kier molecular flexibility index (Phi) is 3.78. The second kappa shape index (κ2) is 5.48. The van der Waals surface area contributed by atoms with E-state index >= 15 is 0 Å². The standard InChI is InChI=1S/C16H18F3NO2/c17-16(18,19)13-9-11(20-6-2-1-3-7-20)8-12(10-4-5-10)14(13)15(21)22/h8-10H,1-7H2,(H,21,22). The molecule has 2 fully saturated rings. The summed E-state index contributed by atoms with van der Waals surface area (Å²) in [6.07, 6.45) is -0.113. The van der Waals surface area contributed by atoms with Crippen molar-refractivity contribution in [3.63, 3.8) is 0 Å². The van der Waals surface area contributed by atoms with Crippen LogP contribution in [0.5, 0.6) is 0 Å². The van der Waals surface area contributed by atoms with Crippen molar-refractivity contribution in [2.24, 2.45) is 0 Å². The summed E-state index contributed by atoms with van der Waals surface area (Å²) >= 11 is 0. The Hall–Kier alpha value is -1.72. The third-order valence-electron chi connectivity index (χ3n) is 4.41. The van der Waals surface area contributed by atoms with Gasteiger partial charge in [-0.25, -0.2) is 4.79 Å². The molecule has 0 atom stereocenters. The van der Waals surface area contributed by atoms with Crippen LogP contribution in [0.15, 0.2) is 12.1 Å². The lowest BCUT2D eigenvalue weighted by Gasteiger charge is -2.30. The third-order valence-corrected chi connectivity index (χ3v) is 4.41. The number of alkyl halides is 3. The van der Waals surface area contributed by atoms with E-state index in [9.17, 15) is 23.1 Å². The minimum absolute atomic E-state index is 0.0445. The SMILES string of the molecule is O=C(O)c1c(C2CC2)cc(N2CCCCC2)cc1C(F)(F)F. The fourth-order valence-corrected chi connectivity index (χ4v) is 3.16. The van der Waals surface area contributed by atoms with Gasteiger partial charge in [0.05, 0.1) is 11.1 Å². The number of hydrogen-bond donors (Lipinski definition) is 1. The number of anilines is 1. The normalized spacial score (nSPS) is 19.3. The fraction of sp³-hybridized carbons (Fsp3) is 0.562. The van der Waals surface area contributed by atoms with E-state index in [2.05, 4.69) is 0 Å². The Labute approximate surface area is 126 Å². The summed E-state index contributed by atoms with van der Waals surface area (Å²) in [7, 11) is 0. The second-order valence-corrected chi connectivity index (χ2v) is 6.08. The molecule has 0 unspecified atom stereocenters. The summed E-state index contributed by atoms with van der Waals surface area (Å²) in [6, 6.07) is 2.68. The van der Waals surface area contributed by atoms with Gasteiger partial charge in [-0.05, 0) is 55.7 Å². The van der Waals surface area contributed by atoms with Crippen LogP contribution in [-0.2, 0) is 6.18 Å². The van der Waals surface area contributed by atoms with Gasteiger partial charge in [0.2, 0.25) is 0 Å². The van der Waals surface area contributed by atoms with Crippen molar-refractivity contribution in [2.45, 2.75) is 44.2 Å². The molecule has 1 aliphatic heterocycles. The smallest absolute Gasteiger partial charge is 0.417 e. The van der Waals surface area contributed by atoms with Crippen LogP contribution in [0.4, 0.5) is 18.9 Å². The highest BCUT2D eigenvalue weighted by molar-refractivity contribution is 5.92. The molecule has 1 saturated carbocycles. The van der Waals surface area contributed by atoms with Crippen LogP contribution in [0.2, 0.25) is 0 Å². The molecule has 2 aliphatic rings. The van der Waals surface area contributed by atoms with Crippen molar-refractivity contribution in [3.8, 4) is 0 Å². The average molecular weight is 313 g/mol. The van der Waals surface area contributed by atoms with Crippen LogP contribution in [0.1, 0.15) is 59.5 Å². The average Bonchev–Trinajstić information content (AvgIpc) is 3.30. The largest absolute Gasteiger partial charge is 0.478 e. The first-order chi connectivity index (χ1) is 10.4. The summed E-state index contributed by atoms with van der Waals surface area (Å²) in [5, 5.41) is 9.27. The first-order valence-electron chi connectivity index (χ1n) is 7.61. The summed E-state index contributed by atoms with van der Waals surface area (Å²) in [5.41, 5.74) is -0.706. The van der Waals surface area contributed by atoms with Crippen molar-refractivity contribution >= 4 is 11.7 Å². The van der Waals surface area contributed by atoms with E-state index in [1.165, 1.54) is 0 Å². The van der Waals surface area contributed by atoms with Gasteiger partial charge in [0, 0.05) is 18.8 Å². The Morgan fingerprint density at radius 2 is 1.77 bits per heavy atom. The molecule has 1 N–H and O–H groups in total. The number of carboxylic acids is 1. The minimum atomic E-state index is -4.65. The Balaban J connectivity index is 2.12. The molecule has 1 heterocycles. The summed E-state index contributed by atoms with van der Waals surface area (Å²) in [4.78, 5) is 13.3. The van der Waals surface area contributed by atoms with Crippen LogP contribution >= 0.6 is 0 Å². The maximum Gasteiger partial charge on any atom is 0.417 e. The molecule has 120 valence electrons. The predicted octanol–water partition coefficient (Wildman–Crippen LogP) is 4.27. The number of hydrogen-bond acceptors (Lipinski definition) is 2. The van der Waals surface area contributed by atoms with E-state index in [-0.39, 0.29) is 5.92 Å². The molecular weight excluding hydrogens is 295 g/mol. The maximum atomic E-state index is 13.3. The molecular formula is C16H18F3NO2. The number of nitrogens with zero attached hydrogens (tertiary/aromatic N) is 1. The first kappa shape index (κ1) is 15.2. The maximum absolute atomic E-state index is 13.3. The summed E-state index contributed by atoms with van der Waals surface area (Å²) < 4.78 is 40.0. The number of carboxylic acid groups (broad SMARTS) is 1. The monoisotopic (exact) mass is 313 g/mol. The van der Waals surface area contributed by atoms with Crippen LogP contribution in [0.3, 0.4) is 0 Å². The van der Waals surface area contributed by atoms with Gasteiger partial charge in [0.25, 0.3) is 0 Å². The lowest BCUT2D eigenvalue weighted by Crippen LogP contribution is -2.30. The van der Waals surface area contributed by atoms with E-state index in [4.69, 9.17) is 0 Å². The van der Waals surface area contributed by atoms with Gasteiger partial charge in [-0.3, -0.25) is 0 Å². The van der Waals surface area contributed by atoms with Crippen LogP contribution in [-0.4, -0.2) is 24.2 Å². The van der Waals surface area contributed by atoms with Gasteiger partial charge in [0.15, 0.2) is 0 Å². The van der Waals surface area contributed by atoms with Crippen molar-refractivity contribution in [3.05, 3.63) is 28.8 Å². The zero-order chi connectivity index (χ0) is 15.9. The summed E-state index contributed by atoms with van der Waals surface area (Å²) in [6.45, 7) is 1.46. The Bertz CT molecular complexity index is 588. The van der Waals surface area contributed by atoms with Crippen LogP contribution < -0.4 is 4.90 Å². The highest BCUT2D eigenvalue weighted by Crippen LogP contribution is 2.46.